The van der Waals surface area contributed by atoms with E-state index in [1.807, 2.05) is 29.6 Å². The van der Waals surface area contributed by atoms with Crippen molar-refractivity contribution in [2.24, 2.45) is 0 Å². The maximum Gasteiger partial charge on any atom is 0.252 e. The minimum atomic E-state index is -3.29. The second-order valence-electron chi connectivity index (χ2n) is 5.90. The largest absolute Gasteiger partial charge is 0.340 e. The van der Waals surface area contributed by atoms with Crippen molar-refractivity contribution in [3.8, 4) is 0 Å². The van der Waals surface area contributed by atoms with Crippen molar-refractivity contribution in [2.45, 2.75) is 17.9 Å². The summed E-state index contributed by atoms with van der Waals surface area (Å²) in [7, 11) is -3.29. The van der Waals surface area contributed by atoms with Crippen LogP contribution in [-0.4, -0.2) is 20.1 Å². The van der Waals surface area contributed by atoms with Gasteiger partial charge in [-0.3, -0.25) is 4.79 Å². The second-order valence-corrected chi connectivity index (χ2v) is 9.60. The molecule has 0 saturated carbocycles. The Labute approximate surface area is 167 Å². The molecule has 2 aromatic carbocycles. The van der Waals surface area contributed by atoms with E-state index in [2.05, 4.69) is 5.32 Å². The lowest BCUT2D eigenvalue weighted by molar-refractivity contribution is 0.0943. The summed E-state index contributed by atoms with van der Waals surface area (Å²) in [4.78, 5) is 14.0. The number of carbonyl (C=O) groups is 1. The molecule has 1 unspecified atom stereocenters. The topological polar surface area (TPSA) is 63.2 Å². The number of hydrogen-bond donors (Lipinski definition) is 1. The highest BCUT2D eigenvalue weighted by atomic mass is 35.5. The van der Waals surface area contributed by atoms with Gasteiger partial charge in [0.1, 0.15) is 0 Å². The Kier molecular flexibility index (Phi) is 5.99. The van der Waals surface area contributed by atoms with Gasteiger partial charge in [-0.05, 0) is 53.4 Å². The van der Waals surface area contributed by atoms with E-state index in [9.17, 15) is 13.2 Å². The monoisotopic (exact) mass is 419 g/mol. The highest BCUT2D eigenvalue weighted by Gasteiger charge is 2.19. The number of carbonyl (C=O) groups excluding carboxylic acids is 1. The van der Waals surface area contributed by atoms with Crippen LogP contribution in [0.25, 0.3) is 0 Å². The van der Waals surface area contributed by atoms with Crippen molar-refractivity contribution >= 4 is 38.7 Å². The maximum absolute atomic E-state index is 12.7. The van der Waals surface area contributed by atoms with E-state index in [-0.39, 0.29) is 22.6 Å². The Bertz CT molecular complexity index is 1010. The van der Waals surface area contributed by atoms with Gasteiger partial charge in [-0.2, -0.15) is 0 Å². The van der Waals surface area contributed by atoms with Crippen molar-refractivity contribution in [2.75, 3.05) is 5.75 Å². The van der Waals surface area contributed by atoms with Gasteiger partial charge in [-0.1, -0.05) is 36.7 Å². The fraction of sp³-hybridized carbons (Fsp3) is 0.150. The number of hydrogen-bond acceptors (Lipinski definition) is 4. The van der Waals surface area contributed by atoms with Crippen LogP contribution >= 0.6 is 22.9 Å². The summed E-state index contributed by atoms with van der Waals surface area (Å²) < 4.78 is 23.8. The van der Waals surface area contributed by atoms with Crippen LogP contribution in [0.2, 0.25) is 5.02 Å². The first-order valence-electron chi connectivity index (χ1n) is 8.33. The lowest BCUT2D eigenvalue weighted by Crippen LogP contribution is -2.28. The predicted octanol–water partition coefficient (Wildman–Crippen LogP) is 4.71. The molecule has 1 heterocycles. The van der Waals surface area contributed by atoms with Crippen molar-refractivity contribution < 1.29 is 13.2 Å². The summed E-state index contributed by atoms with van der Waals surface area (Å²) in [6, 6.07) is 16.9. The molecule has 4 nitrogen and oxygen atoms in total. The molecule has 1 aromatic heterocycles. The average molecular weight is 420 g/mol. The normalized spacial score (nSPS) is 12.5. The lowest BCUT2D eigenvalue weighted by atomic mass is 10.0. The lowest BCUT2D eigenvalue weighted by Gasteiger charge is -2.18. The smallest absolute Gasteiger partial charge is 0.252 e. The standard InChI is InChI=1S/C20H18ClNO3S2/c1-2-27(24,25)17-11-7-15(8-12-17)20(23)22-19(18-4-3-13-26-18)14-5-9-16(21)10-6-14/h3-13,19H,2H2,1H3,(H,22,23). The molecule has 0 spiro atoms. The summed E-state index contributed by atoms with van der Waals surface area (Å²) in [5.74, 6) is -0.251. The molecule has 0 radical (unpaired) electrons. The zero-order valence-corrected chi connectivity index (χ0v) is 16.9. The molecule has 1 amide bonds. The third-order valence-corrected chi connectivity index (χ3v) is 7.10. The Hall–Kier alpha value is -2.15. The number of thiophene rings is 1. The molecule has 0 aliphatic rings. The Balaban J connectivity index is 1.86. The Morgan fingerprint density at radius 3 is 2.30 bits per heavy atom. The first kappa shape index (κ1) is 19.6. The van der Waals surface area contributed by atoms with Crippen LogP contribution < -0.4 is 5.32 Å². The SMILES string of the molecule is CCS(=O)(=O)c1ccc(C(=O)NC(c2ccc(Cl)cc2)c2cccs2)cc1. The minimum absolute atomic E-state index is 0.0234. The Morgan fingerprint density at radius 1 is 1.07 bits per heavy atom. The first-order chi connectivity index (χ1) is 12.9. The second kappa shape index (κ2) is 8.25. The van der Waals surface area contributed by atoms with Crippen molar-refractivity contribution in [3.05, 3.63) is 87.1 Å². The number of halogens is 1. The van der Waals surface area contributed by atoms with E-state index in [1.165, 1.54) is 24.3 Å². The van der Waals surface area contributed by atoms with Crippen molar-refractivity contribution in [3.63, 3.8) is 0 Å². The highest BCUT2D eigenvalue weighted by molar-refractivity contribution is 7.91. The fourth-order valence-electron chi connectivity index (χ4n) is 2.62. The molecule has 0 aliphatic carbocycles. The van der Waals surface area contributed by atoms with Gasteiger partial charge < -0.3 is 5.32 Å². The van der Waals surface area contributed by atoms with Crippen molar-refractivity contribution in [1.82, 2.24) is 5.32 Å². The Morgan fingerprint density at radius 2 is 1.74 bits per heavy atom. The van der Waals surface area contributed by atoms with Gasteiger partial charge in [-0.15, -0.1) is 11.3 Å². The van der Waals surface area contributed by atoms with Crippen LogP contribution in [-0.2, 0) is 9.84 Å². The molecule has 7 heteroatoms. The van der Waals surface area contributed by atoms with E-state index in [4.69, 9.17) is 11.6 Å². The molecule has 27 heavy (non-hydrogen) atoms. The molecule has 0 fully saturated rings. The van der Waals surface area contributed by atoms with Crippen LogP contribution in [0.4, 0.5) is 0 Å². The number of nitrogens with one attached hydrogen (secondary N) is 1. The molecule has 0 bridgehead atoms. The summed E-state index contributed by atoms with van der Waals surface area (Å²) in [5, 5.41) is 5.60. The van der Waals surface area contributed by atoms with E-state index in [1.54, 1.807) is 30.4 Å². The van der Waals surface area contributed by atoms with Crippen LogP contribution in [0.15, 0.2) is 70.9 Å². The van der Waals surface area contributed by atoms with Gasteiger partial charge >= 0.3 is 0 Å². The zero-order valence-electron chi connectivity index (χ0n) is 14.6. The highest BCUT2D eigenvalue weighted by Crippen LogP contribution is 2.27. The number of sulfone groups is 1. The summed E-state index contributed by atoms with van der Waals surface area (Å²) in [6.07, 6.45) is 0. The van der Waals surface area contributed by atoms with Crippen LogP contribution in [0.3, 0.4) is 0 Å². The molecule has 140 valence electrons. The molecule has 0 saturated heterocycles. The van der Waals surface area contributed by atoms with Gasteiger partial charge in [0.15, 0.2) is 9.84 Å². The predicted molar refractivity (Wildman–Crippen MR) is 109 cm³/mol. The van der Waals surface area contributed by atoms with Crippen molar-refractivity contribution in [1.29, 1.82) is 0 Å². The number of amides is 1. The van der Waals surface area contributed by atoms with Crippen LogP contribution in [0.1, 0.15) is 33.8 Å². The van der Waals surface area contributed by atoms with E-state index in [0.29, 0.717) is 10.6 Å². The summed E-state index contributed by atoms with van der Waals surface area (Å²) >= 11 is 7.52. The number of benzene rings is 2. The van der Waals surface area contributed by atoms with E-state index < -0.39 is 9.84 Å². The molecule has 1 atom stereocenters. The third-order valence-electron chi connectivity index (χ3n) is 4.16. The fourth-order valence-corrected chi connectivity index (χ4v) is 4.44. The van der Waals surface area contributed by atoms with Gasteiger partial charge in [0.05, 0.1) is 16.7 Å². The minimum Gasteiger partial charge on any atom is -0.340 e. The van der Waals surface area contributed by atoms with E-state index in [0.717, 1.165) is 10.4 Å². The summed E-state index contributed by atoms with van der Waals surface area (Å²) in [5.41, 5.74) is 1.32. The quantitative estimate of drug-likeness (QED) is 0.629. The molecular weight excluding hydrogens is 402 g/mol. The molecule has 3 rings (SSSR count). The van der Waals surface area contributed by atoms with Crippen LogP contribution in [0, 0.1) is 0 Å². The zero-order chi connectivity index (χ0) is 19.4. The van der Waals surface area contributed by atoms with Gasteiger partial charge in [0.25, 0.3) is 5.91 Å². The van der Waals surface area contributed by atoms with Gasteiger partial charge in [-0.25, -0.2) is 8.42 Å². The van der Waals surface area contributed by atoms with Gasteiger partial charge in [0.2, 0.25) is 0 Å². The average Bonchev–Trinajstić information content (AvgIpc) is 3.21. The summed E-state index contributed by atoms with van der Waals surface area (Å²) in [6.45, 7) is 1.59. The van der Waals surface area contributed by atoms with Crippen LogP contribution in [0.5, 0.6) is 0 Å². The molecule has 3 aromatic rings. The van der Waals surface area contributed by atoms with E-state index >= 15 is 0 Å². The molecule has 1 N–H and O–H groups in total. The maximum atomic E-state index is 12.7. The molecule has 0 aliphatic heterocycles. The third kappa shape index (κ3) is 4.58. The number of rotatable bonds is 6. The first-order valence-corrected chi connectivity index (χ1v) is 11.2. The molecular formula is C20H18ClNO3S2. The van der Waals surface area contributed by atoms with Gasteiger partial charge in [0, 0.05) is 15.5 Å².